The fourth-order valence-corrected chi connectivity index (χ4v) is 3.03. The van der Waals surface area contributed by atoms with E-state index in [2.05, 4.69) is 15.1 Å². The summed E-state index contributed by atoms with van der Waals surface area (Å²) in [7, 11) is 0. The van der Waals surface area contributed by atoms with Gasteiger partial charge in [0.1, 0.15) is 0 Å². The zero-order chi connectivity index (χ0) is 15.5. The lowest BCUT2D eigenvalue weighted by Crippen LogP contribution is -1.98. The molecular weight excluding hydrogens is 320 g/mol. The van der Waals surface area contributed by atoms with E-state index in [4.69, 9.17) is 16.1 Å². The van der Waals surface area contributed by atoms with E-state index in [1.165, 1.54) is 0 Å². The Kier molecular flexibility index (Phi) is 4.49. The van der Waals surface area contributed by atoms with Crippen molar-refractivity contribution in [3.63, 3.8) is 0 Å². The highest BCUT2D eigenvalue weighted by Crippen LogP contribution is 2.27. The Morgan fingerprint density at radius 1 is 1.36 bits per heavy atom. The molecule has 7 heteroatoms. The molecule has 0 saturated carbocycles. The van der Waals surface area contributed by atoms with Crippen LogP contribution in [-0.4, -0.2) is 19.7 Å². The zero-order valence-electron chi connectivity index (χ0n) is 12.3. The summed E-state index contributed by atoms with van der Waals surface area (Å²) in [5, 5.41) is 5.50. The Labute approximate surface area is 137 Å². The van der Waals surface area contributed by atoms with Crippen molar-refractivity contribution in [1.82, 2.24) is 19.7 Å². The molecule has 0 atom stereocenters. The number of hydrogen-bond donors (Lipinski definition) is 0. The summed E-state index contributed by atoms with van der Waals surface area (Å²) in [6.07, 6.45) is 4.46. The van der Waals surface area contributed by atoms with E-state index in [-0.39, 0.29) is 0 Å². The lowest BCUT2D eigenvalue weighted by atomic mass is 10.2. The van der Waals surface area contributed by atoms with Gasteiger partial charge >= 0.3 is 0 Å². The van der Waals surface area contributed by atoms with Crippen LogP contribution in [-0.2, 0) is 12.2 Å². The highest BCUT2D eigenvalue weighted by atomic mass is 35.5. The number of imidazole rings is 1. The molecule has 114 valence electrons. The van der Waals surface area contributed by atoms with Gasteiger partial charge in [-0.05, 0) is 24.6 Å². The van der Waals surface area contributed by atoms with E-state index < -0.39 is 0 Å². The van der Waals surface area contributed by atoms with Crippen molar-refractivity contribution in [2.75, 3.05) is 0 Å². The smallest absolute Gasteiger partial charge is 0.237 e. The number of halogens is 1. The molecule has 3 rings (SSSR count). The highest BCUT2D eigenvalue weighted by Gasteiger charge is 2.12. The predicted octanol–water partition coefficient (Wildman–Crippen LogP) is 4.07. The van der Waals surface area contributed by atoms with Crippen molar-refractivity contribution in [2.45, 2.75) is 31.2 Å². The molecule has 2 heterocycles. The fraction of sp³-hybridized carbons (Fsp3) is 0.267. The van der Waals surface area contributed by atoms with Gasteiger partial charge in [0.15, 0.2) is 11.0 Å². The van der Waals surface area contributed by atoms with Crippen molar-refractivity contribution in [2.24, 2.45) is 0 Å². The molecule has 0 spiro atoms. The number of aryl methyl sites for hydroxylation is 1. The predicted molar refractivity (Wildman–Crippen MR) is 86.5 cm³/mol. The number of thioether (sulfide) groups is 1. The van der Waals surface area contributed by atoms with Gasteiger partial charge in [0.05, 0.1) is 11.4 Å². The lowest BCUT2D eigenvalue weighted by molar-refractivity contribution is 0.385. The van der Waals surface area contributed by atoms with E-state index in [1.54, 1.807) is 18.0 Å². The van der Waals surface area contributed by atoms with Gasteiger partial charge < -0.3 is 4.52 Å². The molecule has 3 aromatic rings. The summed E-state index contributed by atoms with van der Waals surface area (Å²) in [5.74, 6) is 1.92. The Bertz CT molecular complexity index is 783. The normalized spacial score (nSPS) is 11.0. The highest BCUT2D eigenvalue weighted by molar-refractivity contribution is 7.98. The zero-order valence-corrected chi connectivity index (χ0v) is 13.9. The summed E-state index contributed by atoms with van der Waals surface area (Å²) in [4.78, 5) is 8.70. The van der Waals surface area contributed by atoms with E-state index in [1.807, 2.05) is 42.8 Å². The van der Waals surface area contributed by atoms with Gasteiger partial charge in [0, 0.05) is 23.8 Å². The molecule has 0 N–H and O–H groups in total. The van der Waals surface area contributed by atoms with Crippen LogP contribution in [0.3, 0.4) is 0 Å². The van der Waals surface area contributed by atoms with Gasteiger partial charge in [-0.25, -0.2) is 4.98 Å². The van der Waals surface area contributed by atoms with Crippen molar-refractivity contribution < 1.29 is 4.52 Å². The van der Waals surface area contributed by atoms with Crippen LogP contribution in [0.4, 0.5) is 0 Å². The van der Waals surface area contributed by atoms with Crippen LogP contribution in [0.15, 0.2) is 40.3 Å². The van der Waals surface area contributed by atoms with Gasteiger partial charge in [-0.15, -0.1) is 0 Å². The monoisotopic (exact) mass is 334 g/mol. The summed E-state index contributed by atoms with van der Waals surface area (Å²) < 4.78 is 7.22. The van der Waals surface area contributed by atoms with Crippen LogP contribution in [0.25, 0.3) is 5.69 Å². The van der Waals surface area contributed by atoms with Gasteiger partial charge in [-0.1, -0.05) is 41.5 Å². The molecule has 0 aliphatic carbocycles. The molecule has 0 saturated heterocycles. The van der Waals surface area contributed by atoms with Crippen molar-refractivity contribution in [3.8, 4) is 5.69 Å². The molecule has 0 unspecified atom stereocenters. The summed E-state index contributed by atoms with van der Waals surface area (Å²) in [5.41, 5.74) is 2.04. The molecular formula is C15H15ClN4OS. The molecule has 0 amide bonds. The Balaban J connectivity index is 1.81. The van der Waals surface area contributed by atoms with Gasteiger partial charge in [-0.3, -0.25) is 4.57 Å². The van der Waals surface area contributed by atoms with E-state index >= 15 is 0 Å². The summed E-state index contributed by atoms with van der Waals surface area (Å²) in [6, 6.07) is 5.84. The molecule has 0 aliphatic rings. The van der Waals surface area contributed by atoms with Crippen LogP contribution >= 0.6 is 23.4 Å². The Morgan fingerprint density at radius 2 is 2.23 bits per heavy atom. The van der Waals surface area contributed by atoms with Crippen LogP contribution in [0.5, 0.6) is 0 Å². The SMILES string of the molecule is CCc1noc(CSc2nccn2-c2cccc(Cl)c2C)n1. The van der Waals surface area contributed by atoms with Crippen LogP contribution in [0.1, 0.15) is 24.2 Å². The molecule has 0 aliphatic heterocycles. The molecule has 1 aromatic carbocycles. The quantitative estimate of drug-likeness (QED) is 0.658. The van der Waals surface area contributed by atoms with Crippen LogP contribution < -0.4 is 0 Å². The molecule has 5 nitrogen and oxygen atoms in total. The third-order valence-corrected chi connectivity index (χ3v) is 4.62. The average Bonchev–Trinajstić information content (AvgIpc) is 3.16. The number of benzene rings is 1. The Morgan fingerprint density at radius 3 is 3.00 bits per heavy atom. The number of hydrogen-bond acceptors (Lipinski definition) is 5. The van der Waals surface area contributed by atoms with Crippen molar-refractivity contribution in [3.05, 3.63) is 52.9 Å². The van der Waals surface area contributed by atoms with Gasteiger partial charge in [0.2, 0.25) is 5.89 Å². The van der Waals surface area contributed by atoms with E-state index in [9.17, 15) is 0 Å². The van der Waals surface area contributed by atoms with Crippen molar-refractivity contribution in [1.29, 1.82) is 0 Å². The minimum atomic E-state index is 0.587. The maximum Gasteiger partial charge on any atom is 0.237 e. The van der Waals surface area contributed by atoms with Gasteiger partial charge in [0.25, 0.3) is 0 Å². The first-order chi connectivity index (χ1) is 10.7. The minimum absolute atomic E-state index is 0.587. The fourth-order valence-electron chi connectivity index (χ4n) is 2.06. The number of rotatable bonds is 5. The first-order valence-corrected chi connectivity index (χ1v) is 8.28. The number of nitrogens with zero attached hydrogens (tertiary/aromatic N) is 4. The van der Waals surface area contributed by atoms with Crippen LogP contribution in [0, 0.1) is 6.92 Å². The second kappa shape index (κ2) is 6.54. The van der Waals surface area contributed by atoms with Gasteiger partial charge in [-0.2, -0.15) is 4.98 Å². The van der Waals surface area contributed by atoms with E-state index in [0.717, 1.165) is 33.7 Å². The first-order valence-electron chi connectivity index (χ1n) is 6.92. The molecule has 0 bridgehead atoms. The largest absolute Gasteiger partial charge is 0.338 e. The molecule has 2 aromatic heterocycles. The lowest BCUT2D eigenvalue weighted by Gasteiger charge is -2.10. The Hall–Kier alpha value is -1.79. The molecule has 0 fully saturated rings. The standard InChI is InChI=1S/C15H15ClN4OS/c1-3-13-18-14(21-19-13)9-22-15-17-7-8-20(15)12-6-4-5-11(16)10(12)2/h4-8H,3,9H2,1-2H3. The second-order valence-corrected chi connectivity index (χ2v) is 6.06. The first kappa shape index (κ1) is 15.1. The summed E-state index contributed by atoms with van der Waals surface area (Å²) >= 11 is 7.75. The molecule has 22 heavy (non-hydrogen) atoms. The summed E-state index contributed by atoms with van der Waals surface area (Å²) in [6.45, 7) is 3.99. The third kappa shape index (κ3) is 3.03. The van der Waals surface area contributed by atoms with Crippen LogP contribution in [0.2, 0.25) is 5.02 Å². The molecule has 0 radical (unpaired) electrons. The third-order valence-electron chi connectivity index (χ3n) is 3.26. The second-order valence-electron chi connectivity index (χ2n) is 4.71. The topological polar surface area (TPSA) is 56.7 Å². The average molecular weight is 335 g/mol. The maximum absolute atomic E-state index is 6.20. The van der Waals surface area contributed by atoms with E-state index in [0.29, 0.717) is 11.6 Å². The van der Waals surface area contributed by atoms with Crippen molar-refractivity contribution >= 4 is 23.4 Å². The minimum Gasteiger partial charge on any atom is -0.338 e. The maximum atomic E-state index is 6.20. The number of aromatic nitrogens is 4.